The van der Waals surface area contributed by atoms with Gasteiger partial charge >= 0.3 is 0 Å². The molecule has 2 N–H and O–H groups in total. The molecule has 0 aliphatic heterocycles. The molecule has 8 nitrogen and oxygen atoms in total. The molecule has 0 radical (unpaired) electrons. The van der Waals surface area contributed by atoms with E-state index in [4.69, 9.17) is 0 Å². The van der Waals surface area contributed by atoms with Crippen LogP contribution in [0.2, 0.25) is 0 Å². The number of hydrogen-bond acceptors (Lipinski definition) is 5. The molecule has 0 saturated carbocycles. The molecule has 0 aliphatic carbocycles. The van der Waals surface area contributed by atoms with E-state index in [1.807, 2.05) is 6.92 Å². The Morgan fingerprint density at radius 3 is 1.93 bits per heavy atom. The van der Waals surface area contributed by atoms with Crippen LogP contribution in [0.25, 0.3) is 0 Å². The first kappa shape index (κ1) is 23.0. The molecule has 2 aromatic rings. The molecule has 2 rings (SSSR count). The SMILES string of the molecule is CCC(C)NS(=O)(=O)c1ccc(C(=O)Nc2ccc(S(=O)(=O)N(C)C)cc2)cc1. The van der Waals surface area contributed by atoms with Crippen LogP contribution in [-0.4, -0.2) is 47.2 Å². The Bertz CT molecular complexity index is 1060. The van der Waals surface area contributed by atoms with Gasteiger partial charge in [-0.1, -0.05) is 6.92 Å². The molecule has 1 amide bonds. The molecule has 2 aromatic carbocycles. The molecular weight excluding hydrogens is 414 g/mol. The van der Waals surface area contributed by atoms with Crippen molar-refractivity contribution in [3.63, 3.8) is 0 Å². The maximum absolute atomic E-state index is 12.4. The Labute approximate surface area is 172 Å². The lowest BCUT2D eigenvalue weighted by molar-refractivity contribution is 0.102. The molecule has 158 valence electrons. The predicted octanol–water partition coefficient (Wildman–Crippen LogP) is 2.27. The number of sulfonamides is 2. The summed E-state index contributed by atoms with van der Waals surface area (Å²) in [5.74, 6) is -0.438. The summed E-state index contributed by atoms with van der Waals surface area (Å²) in [6.45, 7) is 3.65. The number of benzene rings is 2. The lowest BCUT2D eigenvalue weighted by atomic mass is 10.2. The van der Waals surface area contributed by atoms with Gasteiger partial charge in [0.05, 0.1) is 9.79 Å². The average molecular weight is 440 g/mol. The molecule has 1 unspecified atom stereocenters. The number of carbonyl (C=O) groups is 1. The Kier molecular flexibility index (Phi) is 7.17. The van der Waals surface area contributed by atoms with Crippen molar-refractivity contribution in [2.45, 2.75) is 36.1 Å². The molecule has 0 spiro atoms. The highest BCUT2D eigenvalue weighted by Crippen LogP contribution is 2.18. The van der Waals surface area contributed by atoms with E-state index >= 15 is 0 Å². The molecule has 0 saturated heterocycles. The van der Waals surface area contributed by atoms with E-state index in [1.165, 1.54) is 62.6 Å². The van der Waals surface area contributed by atoms with E-state index in [2.05, 4.69) is 10.0 Å². The van der Waals surface area contributed by atoms with E-state index in [9.17, 15) is 21.6 Å². The first-order chi connectivity index (χ1) is 13.5. The van der Waals surface area contributed by atoms with Crippen LogP contribution < -0.4 is 10.0 Å². The Hall–Kier alpha value is -2.27. The van der Waals surface area contributed by atoms with E-state index in [0.717, 1.165) is 4.31 Å². The highest BCUT2D eigenvalue weighted by atomic mass is 32.2. The number of rotatable bonds is 8. The fraction of sp³-hybridized carbons (Fsp3) is 0.316. The molecule has 0 bridgehead atoms. The van der Waals surface area contributed by atoms with E-state index in [-0.39, 0.29) is 21.4 Å². The summed E-state index contributed by atoms with van der Waals surface area (Å²) in [6.07, 6.45) is 0.661. The maximum atomic E-state index is 12.4. The summed E-state index contributed by atoms with van der Waals surface area (Å²) in [5.41, 5.74) is 0.695. The van der Waals surface area contributed by atoms with Gasteiger partial charge in [-0.3, -0.25) is 4.79 Å². The van der Waals surface area contributed by atoms with Crippen LogP contribution in [0.3, 0.4) is 0 Å². The third kappa shape index (κ3) is 5.63. The molecule has 29 heavy (non-hydrogen) atoms. The standard InChI is InChI=1S/C19H25N3O5S2/c1-5-14(2)21-28(24,25)17-10-6-15(7-11-17)19(23)20-16-8-12-18(13-9-16)29(26,27)22(3)4/h6-14,21H,5H2,1-4H3,(H,20,23). The number of nitrogens with one attached hydrogen (secondary N) is 2. The predicted molar refractivity (Wildman–Crippen MR) is 112 cm³/mol. The zero-order valence-corrected chi connectivity index (χ0v) is 18.3. The molecule has 1 atom stereocenters. The fourth-order valence-electron chi connectivity index (χ4n) is 2.33. The van der Waals surface area contributed by atoms with Gasteiger partial charge in [0.25, 0.3) is 5.91 Å². The average Bonchev–Trinajstić information content (AvgIpc) is 2.68. The molecule has 0 aromatic heterocycles. The van der Waals surface area contributed by atoms with Gasteiger partial charge in [0.15, 0.2) is 0 Å². The minimum Gasteiger partial charge on any atom is -0.322 e. The van der Waals surface area contributed by atoms with Gasteiger partial charge in [-0.05, 0) is 61.9 Å². The van der Waals surface area contributed by atoms with Gasteiger partial charge in [0.2, 0.25) is 20.0 Å². The van der Waals surface area contributed by atoms with Gasteiger partial charge in [-0.25, -0.2) is 25.9 Å². The number of amides is 1. The van der Waals surface area contributed by atoms with Crippen molar-refractivity contribution in [2.24, 2.45) is 0 Å². The van der Waals surface area contributed by atoms with Crippen molar-refractivity contribution in [2.75, 3.05) is 19.4 Å². The highest BCUT2D eigenvalue weighted by Gasteiger charge is 2.18. The smallest absolute Gasteiger partial charge is 0.255 e. The quantitative estimate of drug-likeness (QED) is 0.655. The monoisotopic (exact) mass is 439 g/mol. The summed E-state index contributed by atoms with van der Waals surface area (Å²) >= 11 is 0. The molecular formula is C19H25N3O5S2. The third-order valence-electron chi connectivity index (χ3n) is 4.29. The summed E-state index contributed by atoms with van der Waals surface area (Å²) in [4.78, 5) is 12.6. The molecule has 10 heteroatoms. The second-order valence-electron chi connectivity index (χ2n) is 6.72. The second kappa shape index (κ2) is 9.04. The zero-order chi connectivity index (χ0) is 21.8. The van der Waals surface area contributed by atoms with E-state index in [0.29, 0.717) is 12.1 Å². The van der Waals surface area contributed by atoms with Crippen LogP contribution in [0.4, 0.5) is 5.69 Å². The number of carbonyl (C=O) groups excluding carboxylic acids is 1. The number of nitrogens with zero attached hydrogens (tertiary/aromatic N) is 1. The van der Waals surface area contributed by atoms with E-state index < -0.39 is 26.0 Å². The molecule has 0 fully saturated rings. The van der Waals surface area contributed by atoms with Gasteiger partial charge in [-0.2, -0.15) is 0 Å². The summed E-state index contributed by atoms with van der Waals surface area (Å²) in [6, 6.07) is 11.2. The molecule has 0 aliphatic rings. The summed E-state index contributed by atoms with van der Waals surface area (Å²) < 4.78 is 52.3. The lowest BCUT2D eigenvalue weighted by Gasteiger charge is -2.13. The van der Waals surface area contributed by atoms with Crippen LogP contribution in [0.15, 0.2) is 58.3 Å². The van der Waals surface area contributed by atoms with Crippen molar-refractivity contribution in [3.8, 4) is 0 Å². The third-order valence-corrected chi connectivity index (χ3v) is 7.72. The Morgan fingerprint density at radius 2 is 1.45 bits per heavy atom. The van der Waals surface area contributed by atoms with Gasteiger partial charge in [-0.15, -0.1) is 0 Å². The number of hydrogen-bond donors (Lipinski definition) is 2. The van der Waals surface area contributed by atoms with Gasteiger partial charge < -0.3 is 5.32 Å². The summed E-state index contributed by atoms with van der Waals surface area (Å²) in [7, 11) is -4.31. The van der Waals surface area contributed by atoms with Crippen molar-refractivity contribution >= 4 is 31.6 Å². The van der Waals surface area contributed by atoms with Crippen molar-refractivity contribution in [3.05, 3.63) is 54.1 Å². The summed E-state index contributed by atoms with van der Waals surface area (Å²) in [5, 5.41) is 2.65. The highest BCUT2D eigenvalue weighted by molar-refractivity contribution is 7.89. The van der Waals surface area contributed by atoms with Crippen LogP contribution in [0.1, 0.15) is 30.6 Å². The van der Waals surface area contributed by atoms with Crippen molar-refractivity contribution < 1.29 is 21.6 Å². The van der Waals surface area contributed by atoms with Gasteiger partial charge in [0.1, 0.15) is 0 Å². The second-order valence-corrected chi connectivity index (χ2v) is 10.6. The minimum atomic E-state index is -3.64. The first-order valence-electron chi connectivity index (χ1n) is 8.93. The van der Waals surface area contributed by atoms with Crippen molar-refractivity contribution in [1.29, 1.82) is 0 Å². The van der Waals surface area contributed by atoms with Gasteiger partial charge in [0, 0.05) is 31.4 Å². The van der Waals surface area contributed by atoms with E-state index in [1.54, 1.807) is 6.92 Å². The zero-order valence-electron chi connectivity index (χ0n) is 16.7. The topological polar surface area (TPSA) is 113 Å². The fourth-order valence-corrected chi connectivity index (χ4v) is 4.55. The van der Waals surface area contributed by atoms with Crippen LogP contribution in [0, 0.1) is 0 Å². The Morgan fingerprint density at radius 1 is 0.931 bits per heavy atom. The first-order valence-corrected chi connectivity index (χ1v) is 11.9. The van der Waals surface area contributed by atoms with Crippen LogP contribution in [-0.2, 0) is 20.0 Å². The minimum absolute atomic E-state index is 0.0765. The number of anilines is 1. The lowest BCUT2D eigenvalue weighted by Crippen LogP contribution is -2.32. The Balaban J connectivity index is 2.12. The van der Waals surface area contributed by atoms with Crippen LogP contribution >= 0.6 is 0 Å². The largest absolute Gasteiger partial charge is 0.322 e. The normalized spacial score (nSPS) is 13.3. The molecule has 0 heterocycles. The van der Waals surface area contributed by atoms with Crippen LogP contribution in [0.5, 0.6) is 0 Å². The van der Waals surface area contributed by atoms with Crippen molar-refractivity contribution in [1.82, 2.24) is 9.03 Å². The maximum Gasteiger partial charge on any atom is 0.255 e.